The van der Waals surface area contributed by atoms with E-state index < -0.39 is 0 Å². The van der Waals surface area contributed by atoms with Crippen molar-refractivity contribution >= 4 is 21.5 Å². The molecule has 1 heterocycles. The van der Waals surface area contributed by atoms with E-state index in [-0.39, 0.29) is 0 Å². The van der Waals surface area contributed by atoms with Crippen LogP contribution in [0.5, 0.6) is 0 Å². The van der Waals surface area contributed by atoms with Gasteiger partial charge in [-0.25, -0.2) is 4.98 Å². The first-order chi connectivity index (χ1) is 6.75. The molecule has 14 heavy (non-hydrogen) atoms. The molecule has 2 atom stereocenters. The highest BCUT2D eigenvalue weighted by Crippen LogP contribution is 2.31. The predicted molar refractivity (Wildman–Crippen MR) is 61.5 cm³/mol. The van der Waals surface area contributed by atoms with Crippen LogP contribution in [-0.2, 0) is 0 Å². The summed E-state index contributed by atoms with van der Waals surface area (Å²) in [7, 11) is 0. The lowest BCUT2D eigenvalue weighted by Crippen LogP contribution is -2.16. The summed E-state index contributed by atoms with van der Waals surface area (Å²) in [5.74, 6) is 1.68. The molecule has 2 unspecified atom stereocenters. The van der Waals surface area contributed by atoms with Crippen molar-refractivity contribution in [2.24, 2.45) is 11.8 Å². The van der Waals surface area contributed by atoms with E-state index in [2.05, 4.69) is 17.2 Å². The lowest BCUT2D eigenvalue weighted by Gasteiger charge is -2.14. The highest BCUT2D eigenvalue weighted by atomic mass is 32.1. The number of hydrogen-bond acceptors (Lipinski definition) is 4. The average Bonchev–Trinajstić information content (AvgIpc) is 2.72. The van der Waals surface area contributed by atoms with E-state index in [9.17, 15) is 0 Å². The zero-order valence-electron chi connectivity index (χ0n) is 8.49. The van der Waals surface area contributed by atoms with E-state index >= 15 is 0 Å². The molecule has 1 fully saturated rings. The van der Waals surface area contributed by atoms with Crippen molar-refractivity contribution in [2.45, 2.75) is 26.2 Å². The third-order valence-corrected chi connectivity index (χ3v) is 3.86. The van der Waals surface area contributed by atoms with E-state index in [0.717, 1.165) is 28.5 Å². The molecule has 78 valence electrons. The first-order valence-corrected chi connectivity index (χ1v) is 6.02. The van der Waals surface area contributed by atoms with Crippen LogP contribution < -0.4 is 11.1 Å². The summed E-state index contributed by atoms with van der Waals surface area (Å²) in [5.41, 5.74) is 5.61. The van der Waals surface area contributed by atoms with Crippen molar-refractivity contribution in [3.8, 4) is 0 Å². The topological polar surface area (TPSA) is 50.9 Å². The van der Waals surface area contributed by atoms with Crippen molar-refractivity contribution in [3.63, 3.8) is 0 Å². The smallest absolute Gasteiger partial charge is 0.184 e. The third-order valence-electron chi connectivity index (χ3n) is 3.08. The number of nitrogens with two attached hydrogens (primary N) is 1. The van der Waals surface area contributed by atoms with Crippen LogP contribution in [0, 0.1) is 11.8 Å². The van der Waals surface area contributed by atoms with Crippen molar-refractivity contribution in [1.82, 2.24) is 4.98 Å². The quantitative estimate of drug-likeness (QED) is 0.808. The maximum Gasteiger partial charge on any atom is 0.184 e. The van der Waals surface area contributed by atoms with E-state index in [0.29, 0.717) is 0 Å². The molecule has 0 radical (unpaired) electrons. The summed E-state index contributed by atoms with van der Waals surface area (Å²) in [6, 6.07) is 0. The molecule has 4 heteroatoms. The number of thiazole rings is 1. The Labute approximate surface area is 88.7 Å². The minimum atomic E-state index is 0.784. The maximum absolute atomic E-state index is 5.61. The van der Waals surface area contributed by atoms with Gasteiger partial charge in [-0.1, -0.05) is 31.1 Å². The Kier molecular flexibility index (Phi) is 2.91. The van der Waals surface area contributed by atoms with Crippen molar-refractivity contribution in [3.05, 3.63) is 6.20 Å². The molecule has 0 aliphatic heterocycles. The van der Waals surface area contributed by atoms with E-state index in [4.69, 9.17) is 5.73 Å². The molecular formula is C10H17N3S. The van der Waals surface area contributed by atoms with Crippen LogP contribution in [0.1, 0.15) is 26.2 Å². The Morgan fingerprint density at radius 1 is 1.64 bits per heavy atom. The fourth-order valence-corrected chi connectivity index (χ4v) is 2.70. The van der Waals surface area contributed by atoms with Crippen LogP contribution >= 0.6 is 11.3 Å². The minimum Gasteiger partial charge on any atom is -0.389 e. The summed E-state index contributed by atoms with van der Waals surface area (Å²) in [4.78, 5) is 4.18. The molecule has 1 aromatic heterocycles. The van der Waals surface area contributed by atoms with Gasteiger partial charge in [0.2, 0.25) is 0 Å². The SMILES string of the molecule is CC1CCCC1CNc1ncc(N)s1. The standard InChI is InChI=1S/C10H17N3S/c1-7-3-2-4-8(7)5-12-10-13-6-9(11)14-10/h6-8H,2-5,11H2,1H3,(H,12,13). The number of aromatic nitrogens is 1. The van der Waals surface area contributed by atoms with Crippen molar-refractivity contribution in [1.29, 1.82) is 0 Å². The molecule has 1 aliphatic rings. The minimum absolute atomic E-state index is 0.784. The van der Waals surface area contributed by atoms with Gasteiger partial charge in [-0.3, -0.25) is 0 Å². The lowest BCUT2D eigenvalue weighted by atomic mass is 9.98. The average molecular weight is 211 g/mol. The van der Waals surface area contributed by atoms with Gasteiger partial charge in [0, 0.05) is 6.54 Å². The molecule has 0 spiro atoms. The van der Waals surface area contributed by atoms with Crippen molar-refractivity contribution < 1.29 is 0 Å². The van der Waals surface area contributed by atoms with Crippen LogP contribution in [0.3, 0.4) is 0 Å². The Balaban J connectivity index is 1.82. The molecular weight excluding hydrogens is 194 g/mol. The van der Waals surface area contributed by atoms with Crippen molar-refractivity contribution in [2.75, 3.05) is 17.6 Å². The highest BCUT2D eigenvalue weighted by molar-refractivity contribution is 7.19. The fourth-order valence-electron chi connectivity index (χ4n) is 2.11. The second-order valence-electron chi connectivity index (χ2n) is 4.12. The van der Waals surface area contributed by atoms with Gasteiger partial charge in [0.1, 0.15) is 5.00 Å². The molecule has 1 aromatic rings. The Morgan fingerprint density at radius 2 is 2.50 bits per heavy atom. The Hall–Kier alpha value is -0.770. The number of rotatable bonds is 3. The van der Waals surface area contributed by atoms with E-state index in [1.165, 1.54) is 30.6 Å². The fraction of sp³-hybridized carbons (Fsp3) is 0.700. The number of hydrogen-bond donors (Lipinski definition) is 2. The van der Waals surface area contributed by atoms with Crippen LogP contribution in [0.15, 0.2) is 6.20 Å². The summed E-state index contributed by atoms with van der Waals surface area (Å²) < 4.78 is 0. The molecule has 3 nitrogen and oxygen atoms in total. The Bertz CT molecular complexity index is 297. The van der Waals surface area contributed by atoms with Gasteiger partial charge in [0.15, 0.2) is 5.13 Å². The van der Waals surface area contributed by atoms with Crippen LogP contribution in [0.25, 0.3) is 0 Å². The molecule has 0 bridgehead atoms. The monoisotopic (exact) mass is 211 g/mol. The van der Waals surface area contributed by atoms with E-state index in [1.54, 1.807) is 6.20 Å². The summed E-state index contributed by atoms with van der Waals surface area (Å²) in [6.07, 6.45) is 5.83. The molecule has 0 saturated heterocycles. The van der Waals surface area contributed by atoms with Crippen LogP contribution in [-0.4, -0.2) is 11.5 Å². The van der Waals surface area contributed by atoms with Gasteiger partial charge in [-0.15, -0.1) is 0 Å². The van der Waals surface area contributed by atoms with Gasteiger partial charge in [-0.05, 0) is 18.3 Å². The summed E-state index contributed by atoms with van der Waals surface area (Å²) in [5, 5.41) is 5.11. The normalized spacial score (nSPS) is 26.6. The maximum atomic E-state index is 5.61. The number of anilines is 2. The van der Waals surface area contributed by atoms with E-state index in [1.807, 2.05) is 0 Å². The van der Waals surface area contributed by atoms with Gasteiger partial charge < -0.3 is 11.1 Å². The Morgan fingerprint density at radius 3 is 3.07 bits per heavy atom. The molecule has 1 aliphatic carbocycles. The molecule has 0 aromatic carbocycles. The summed E-state index contributed by atoms with van der Waals surface area (Å²) in [6.45, 7) is 3.39. The lowest BCUT2D eigenvalue weighted by molar-refractivity contribution is 0.439. The molecule has 0 amide bonds. The molecule has 1 saturated carbocycles. The predicted octanol–water partition coefficient (Wildman–Crippen LogP) is 2.57. The third kappa shape index (κ3) is 2.18. The largest absolute Gasteiger partial charge is 0.389 e. The first-order valence-electron chi connectivity index (χ1n) is 5.21. The van der Waals surface area contributed by atoms with Gasteiger partial charge in [0.05, 0.1) is 6.20 Å². The highest BCUT2D eigenvalue weighted by Gasteiger charge is 2.22. The molecule has 3 N–H and O–H groups in total. The second-order valence-corrected chi connectivity index (χ2v) is 5.18. The van der Waals surface area contributed by atoms with Gasteiger partial charge in [0.25, 0.3) is 0 Å². The van der Waals surface area contributed by atoms with Gasteiger partial charge >= 0.3 is 0 Å². The van der Waals surface area contributed by atoms with Gasteiger partial charge in [-0.2, -0.15) is 0 Å². The molecule has 2 rings (SSSR count). The zero-order valence-corrected chi connectivity index (χ0v) is 9.31. The second kappa shape index (κ2) is 4.17. The summed E-state index contributed by atoms with van der Waals surface area (Å²) >= 11 is 1.53. The zero-order chi connectivity index (χ0) is 9.97. The number of nitrogen functional groups attached to an aromatic ring is 1. The van der Waals surface area contributed by atoms with Crippen LogP contribution in [0.4, 0.5) is 10.1 Å². The van der Waals surface area contributed by atoms with Crippen LogP contribution in [0.2, 0.25) is 0 Å². The number of nitrogens with one attached hydrogen (secondary N) is 1. The first kappa shape index (κ1) is 9.77. The number of nitrogens with zero attached hydrogens (tertiary/aromatic N) is 1.